The SMILES string of the molecule is CC(C)(C)N(CC1CCC(C(=O)Nc2c(C(=O)Nc3ccc(Cl)cn3)oc3cccnc23)CC1)C(=O)O. The standard InChI is InChI=1S/C26H30ClN5O5/c1-26(2,3)32(25(35)36)14-15-6-8-16(9-7-15)23(33)31-21-20-18(5-4-12-28-20)37-22(21)24(34)30-19-11-10-17(27)13-29-19/h4-5,10-13,15-16H,6-9,14H2,1-3H3,(H,31,33)(H,35,36)(H,29,30,34). The van der Waals surface area contributed by atoms with E-state index in [1.165, 1.54) is 11.1 Å². The van der Waals surface area contributed by atoms with Crippen LogP contribution < -0.4 is 10.6 Å². The highest BCUT2D eigenvalue weighted by Crippen LogP contribution is 2.34. The van der Waals surface area contributed by atoms with Crippen molar-refractivity contribution in [3.8, 4) is 0 Å². The fourth-order valence-corrected chi connectivity index (χ4v) is 4.67. The quantitative estimate of drug-likeness (QED) is 0.376. The van der Waals surface area contributed by atoms with Gasteiger partial charge in [0.2, 0.25) is 11.7 Å². The van der Waals surface area contributed by atoms with Crippen molar-refractivity contribution in [3.05, 3.63) is 47.4 Å². The van der Waals surface area contributed by atoms with Gasteiger partial charge in [0, 0.05) is 30.4 Å². The normalized spacial score (nSPS) is 17.8. The maximum absolute atomic E-state index is 13.2. The number of hydrogen-bond acceptors (Lipinski definition) is 6. The first-order valence-electron chi connectivity index (χ1n) is 12.1. The minimum Gasteiger partial charge on any atom is -0.465 e. The van der Waals surface area contributed by atoms with E-state index >= 15 is 0 Å². The molecule has 196 valence electrons. The fraction of sp³-hybridized carbons (Fsp3) is 0.423. The van der Waals surface area contributed by atoms with Gasteiger partial charge in [0.25, 0.3) is 5.91 Å². The first-order valence-corrected chi connectivity index (χ1v) is 12.5. The monoisotopic (exact) mass is 527 g/mol. The molecular weight excluding hydrogens is 498 g/mol. The van der Waals surface area contributed by atoms with Crippen molar-refractivity contribution < 1.29 is 23.9 Å². The number of halogens is 1. The van der Waals surface area contributed by atoms with Gasteiger partial charge in [-0.15, -0.1) is 0 Å². The van der Waals surface area contributed by atoms with E-state index in [1.807, 2.05) is 20.8 Å². The summed E-state index contributed by atoms with van der Waals surface area (Å²) in [7, 11) is 0. The molecule has 0 aromatic carbocycles. The Kier molecular flexibility index (Phi) is 7.68. The number of pyridine rings is 2. The lowest BCUT2D eigenvalue weighted by atomic mass is 9.81. The third-order valence-electron chi connectivity index (χ3n) is 6.57. The predicted octanol–water partition coefficient (Wildman–Crippen LogP) is 5.65. The Labute approximate surface area is 219 Å². The van der Waals surface area contributed by atoms with Crippen molar-refractivity contribution in [1.29, 1.82) is 0 Å². The maximum atomic E-state index is 13.2. The molecule has 37 heavy (non-hydrogen) atoms. The molecule has 0 unspecified atom stereocenters. The minimum atomic E-state index is -0.939. The lowest BCUT2D eigenvalue weighted by molar-refractivity contribution is -0.121. The zero-order chi connectivity index (χ0) is 26.7. The summed E-state index contributed by atoms with van der Waals surface area (Å²) in [6, 6.07) is 6.51. The number of rotatable bonds is 6. The Bertz CT molecular complexity index is 1290. The Hall–Kier alpha value is -3.66. The van der Waals surface area contributed by atoms with E-state index < -0.39 is 17.5 Å². The van der Waals surface area contributed by atoms with Crippen LogP contribution in [0.1, 0.15) is 57.0 Å². The van der Waals surface area contributed by atoms with Gasteiger partial charge in [0.15, 0.2) is 5.58 Å². The van der Waals surface area contributed by atoms with Crippen molar-refractivity contribution in [2.45, 2.75) is 52.0 Å². The third kappa shape index (κ3) is 6.19. The van der Waals surface area contributed by atoms with E-state index in [2.05, 4.69) is 20.6 Å². The molecule has 1 fully saturated rings. The van der Waals surface area contributed by atoms with Gasteiger partial charge in [0.05, 0.1) is 5.02 Å². The molecular formula is C26H30ClN5O5. The van der Waals surface area contributed by atoms with Crippen LogP contribution in [0.4, 0.5) is 16.3 Å². The molecule has 1 saturated carbocycles. The molecule has 0 spiro atoms. The van der Waals surface area contributed by atoms with E-state index in [-0.39, 0.29) is 35.0 Å². The van der Waals surface area contributed by atoms with Crippen LogP contribution in [0.15, 0.2) is 41.1 Å². The van der Waals surface area contributed by atoms with Gasteiger partial charge in [-0.3, -0.25) is 14.6 Å². The van der Waals surface area contributed by atoms with Crippen LogP contribution in [0.3, 0.4) is 0 Å². The van der Waals surface area contributed by atoms with E-state index in [1.54, 1.807) is 30.5 Å². The van der Waals surface area contributed by atoms with Gasteiger partial charge < -0.3 is 25.1 Å². The zero-order valence-corrected chi connectivity index (χ0v) is 21.7. The molecule has 0 radical (unpaired) electrons. The molecule has 3 heterocycles. The van der Waals surface area contributed by atoms with Crippen LogP contribution in [0.2, 0.25) is 5.02 Å². The second-order valence-corrected chi connectivity index (χ2v) is 10.7. The zero-order valence-electron chi connectivity index (χ0n) is 21.0. The molecule has 10 nitrogen and oxygen atoms in total. The number of hydrogen-bond donors (Lipinski definition) is 3. The van der Waals surface area contributed by atoms with Crippen LogP contribution in [0, 0.1) is 11.8 Å². The van der Waals surface area contributed by atoms with E-state index in [0.717, 1.165) is 12.8 Å². The van der Waals surface area contributed by atoms with Crippen LogP contribution in [0.5, 0.6) is 0 Å². The molecule has 1 aliphatic rings. The summed E-state index contributed by atoms with van der Waals surface area (Å²) in [6.07, 6.45) is 4.74. The summed E-state index contributed by atoms with van der Waals surface area (Å²) in [5, 5.41) is 15.5. The molecule has 1 aliphatic carbocycles. The second-order valence-electron chi connectivity index (χ2n) is 10.2. The van der Waals surface area contributed by atoms with Crippen molar-refractivity contribution >= 4 is 52.1 Å². The van der Waals surface area contributed by atoms with Crippen LogP contribution in [-0.4, -0.2) is 50.0 Å². The lowest BCUT2D eigenvalue weighted by Gasteiger charge is -2.37. The summed E-state index contributed by atoms with van der Waals surface area (Å²) in [5.74, 6) is -0.686. The molecule has 3 N–H and O–H groups in total. The first kappa shape index (κ1) is 26.4. The Morgan fingerprint density at radius 2 is 1.84 bits per heavy atom. The molecule has 0 atom stereocenters. The van der Waals surface area contributed by atoms with Crippen molar-refractivity contribution in [1.82, 2.24) is 14.9 Å². The number of carboxylic acid groups (broad SMARTS) is 1. The first-order chi connectivity index (χ1) is 17.5. The highest BCUT2D eigenvalue weighted by atomic mass is 35.5. The average Bonchev–Trinajstić information content (AvgIpc) is 3.22. The Balaban J connectivity index is 1.46. The number of carbonyl (C=O) groups is 3. The molecule has 3 amide bonds. The molecule has 3 aromatic heterocycles. The number of nitrogens with one attached hydrogen (secondary N) is 2. The van der Waals surface area contributed by atoms with Gasteiger partial charge in [-0.1, -0.05) is 11.6 Å². The number of furan rings is 1. The average molecular weight is 528 g/mol. The summed E-state index contributed by atoms with van der Waals surface area (Å²) in [5.41, 5.74) is 0.458. The van der Waals surface area contributed by atoms with Crippen molar-refractivity contribution in [2.24, 2.45) is 11.8 Å². The highest BCUT2D eigenvalue weighted by Gasteiger charge is 2.33. The summed E-state index contributed by atoms with van der Waals surface area (Å²) < 4.78 is 5.76. The minimum absolute atomic E-state index is 0.0743. The number of aromatic nitrogens is 2. The third-order valence-corrected chi connectivity index (χ3v) is 6.79. The van der Waals surface area contributed by atoms with Gasteiger partial charge >= 0.3 is 6.09 Å². The highest BCUT2D eigenvalue weighted by molar-refractivity contribution is 6.30. The molecule has 0 bridgehead atoms. The van der Waals surface area contributed by atoms with Crippen molar-refractivity contribution in [2.75, 3.05) is 17.2 Å². The van der Waals surface area contributed by atoms with Crippen molar-refractivity contribution in [3.63, 3.8) is 0 Å². The second kappa shape index (κ2) is 10.8. The number of amides is 3. The lowest BCUT2D eigenvalue weighted by Crippen LogP contribution is -2.47. The van der Waals surface area contributed by atoms with E-state index in [9.17, 15) is 19.5 Å². The van der Waals surface area contributed by atoms with Crippen LogP contribution in [-0.2, 0) is 4.79 Å². The van der Waals surface area contributed by atoms with Gasteiger partial charge in [0.1, 0.15) is 17.0 Å². The molecule has 11 heteroatoms. The van der Waals surface area contributed by atoms with Crippen LogP contribution in [0.25, 0.3) is 11.1 Å². The number of anilines is 2. The number of fused-ring (bicyclic) bond motifs is 1. The smallest absolute Gasteiger partial charge is 0.407 e. The van der Waals surface area contributed by atoms with Gasteiger partial charge in [-0.05, 0) is 76.6 Å². The van der Waals surface area contributed by atoms with Gasteiger partial charge in [-0.2, -0.15) is 0 Å². The Morgan fingerprint density at radius 1 is 1.11 bits per heavy atom. The van der Waals surface area contributed by atoms with Crippen LogP contribution >= 0.6 is 11.6 Å². The van der Waals surface area contributed by atoms with E-state index in [4.69, 9.17) is 16.0 Å². The predicted molar refractivity (Wildman–Crippen MR) is 140 cm³/mol. The fourth-order valence-electron chi connectivity index (χ4n) is 4.56. The summed E-state index contributed by atoms with van der Waals surface area (Å²) >= 11 is 5.86. The Morgan fingerprint density at radius 3 is 2.46 bits per heavy atom. The number of carbonyl (C=O) groups excluding carboxylic acids is 2. The molecule has 0 saturated heterocycles. The topological polar surface area (TPSA) is 138 Å². The maximum Gasteiger partial charge on any atom is 0.407 e. The summed E-state index contributed by atoms with van der Waals surface area (Å²) in [4.78, 5) is 47.8. The number of nitrogens with zero attached hydrogens (tertiary/aromatic N) is 3. The summed E-state index contributed by atoms with van der Waals surface area (Å²) in [6.45, 7) is 6.06. The van der Waals surface area contributed by atoms with Gasteiger partial charge in [-0.25, -0.2) is 9.78 Å². The molecule has 0 aliphatic heterocycles. The largest absolute Gasteiger partial charge is 0.465 e. The van der Waals surface area contributed by atoms with E-state index in [0.29, 0.717) is 35.5 Å². The molecule has 3 aromatic rings. The molecule has 4 rings (SSSR count).